The number of rotatable bonds is 0. The van der Waals surface area contributed by atoms with E-state index in [0.717, 1.165) is 6.54 Å². The van der Waals surface area contributed by atoms with E-state index in [2.05, 4.69) is 60.5 Å². The Labute approximate surface area is 103 Å². The molecule has 0 bridgehead atoms. The van der Waals surface area contributed by atoms with E-state index in [-0.39, 0.29) is 0 Å². The van der Waals surface area contributed by atoms with E-state index in [1.54, 1.807) is 5.57 Å². The lowest BCUT2D eigenvalue weighted by Crippen LogP contribution is -2.23. The molecule has 1 aliphatic heterocycles. The maximum Gasteiger partial charge on any atom is 0.0440 e. The fraction of sp³-hybridized carbons (Fsp3) is 0.250. The van der Waals surface area contributed by atoms with Crippen LogP contribution in [0.5, 0.6) is 0 Å². The van der Waals surface area contributed by atoms with Gasteiger partial charge in [0, 0.05) is 19.3 Å². The van der Waals surface area contributed by atoms with Gasteiger partial charge in [-0.1, -0.05) is 42.5 Å². The van der Waals surface area contributed by atoms with Crippen LogP contribution in [0.1, 0.15) is 18.4 Å². The standard InChI is InChI=1S/C16H17N/c1-17-12-15-8-3-2-6-13(15)10-11-14-7-4-5-9-16(14)17/h2,4-7,9-11H,3,8,12H2,1H3/b11-10-. The van der Waals surface area contributed by atoms with Crippen LogP contribution in [0.4, 0.5) is 5.69 Å². The molecule has 86 valence electrons. The van der Waals surface area contributed by atoms with Crippen LogP contribution < -0.4 is 4.90 Å². The minimum absolute atomic E-state index is 1.04. The maximum atomic E-state index is 2.35. The molecule has 0 amide bonds. The third kappa shape index (κ3) is 1.93. The van der Waals surface area contributed by atoms with Gasteiger partial charge in [0.15, 0.2) is 0 Å². The quantitative estimate of drug-likeness (QED) is 0.646. The Morgan fingerprint density at radius 1 is 1.06 bits per heavy atom. The van der Waals surface area contributed by atoms with Crippen molar-refractivity contribution in [2.75, 3.05) is 18.5 Å². The van der Waals surface area contributed by atoms with E-state index >= 15 is 0 Å². The maximum absolute atomic E-state index is 2.35. The Morgan fingerprint density at radius 2 is 1.94 bits per heavy atom. The zero-order valence-electron chi connectivity index (χ0n) is 10.2. The van der Waals surface area contributed by atoms with Crippen LogP contribution in [-0.4, -0.2) is 13.6 Å². The normalized spacial score (nSPS) is 20.4. The van der Waals surface area contributed by atoms with Gasteiger partial charge in [0.1, 0.15) is 0 Å². The molecule has 1 heteroatoms. The lowest BCUT2D eigenvalue weighted by atomic mass is 9.94. The van der Waals surface area contributed by atoms with Crippen molar-refractivity contribution in [1.82, 2.24) is 0 Å². The largest absolute Gasteiger partial charge is 0.370 e. The lowest BCUT2D eigenvalue weighted by molar-refractivity contribution is 0.862. The highest BCUT2D eigenvalue weighted by Gasteiger charge is 2.13. The van der Waals surface area contributed by atoms with Crippen LogP contribution in [-0.2, 0) is 0 Å². The number of hydrogen-bond donors (Lipinski definition) is 0. The van der Waals surface area contributed by atoms with Gasteiger partial charge in [-0.2, -0.15) is 0 Å². The first-order valence-corrected chi connectivity index (χ1v) is 6.21. The number of fused-ring (bicyclic) bond motifs is 1. The topological polar surface area (TPSA) is 3.24 Å². The van der Waals surface area contributed by atoms with Crippen LogP contribution in [0, 0.1) is 0 Å². The van der Waals surface area contributed by atoms with E-state index in [0.29, 0.717) is 0 Å². The van der Waals surface area contributed by atoms with Gasteiger partial charge in [0.05, 0.1) is 0 Å². The number of nitrogens with zero attached hydrogens (tertiary/aromatic N) is 1. The van der Waals surface area contributed by atoms with Crippen molar-refractivity contribution in [3.8, 4) is 0 Å². The molecule has 0 spiro atoms. The zero-order valence-corrected chi connectivity index (χ0v) is 10.2. The lowest BCUT2D eigenvalue weighted by Gasteiger charge is -2.26. The van der Waals surface area contributed by atoms with E-state index in [9.17, 15) is 0 Å². The van der Waals surface area contributed by atoms with Gasteiger partial charge in [0.25, 0.3) is 0 Å². The molecule has 0 aromatic heterocycles. The number of allylic oxidation sites excluding steroid dienone is 4. The summed E-state index contributed by atoms with van der Waals surface area (Å²) in [6.45, 7) is 1.04. The smallest absolute Gasteiger partial charge is 0.0440 e. The van der Waals surface area contributed by atoms with Crippen LogP contribution in [0.15, 0.2) is 53.6 Å². The van der Waals surface area contributed by atoms with E-state index in [4.69, 9.17) is 0 Å². The van der Waals surface area contributed by atoms with Crippen molar-refractivity contribution in [2.24, 2.45) is 0 Å². The Hall–Kier alpha value is -1.76. The minimum atomic E-state index is 1.04. The van der Waals surface area contributed by atoms with E-state index in [1.807, 2.05) is 0 Å². The molecule has 3 rings (SSSR count). The summed E-state index contributed by atoms with van der Waals surface area (Å²) in [6, 6.07) is 8.59. The number of para-hydroxylation sites is 1. The average Bonchev–Trinajstić information content (AvgIpc) is 2.36. The molecule has 1 aromatic carbocycles. The zero-order chi connectivity index (χ0) is 11.7. The summed E-state index contributed by atoms with van der Waals surface area (Å²) in [5.74, 6) is 0. The molecule has 0 fully saturated rings. The van der Waals surface area contributed by atoms with Gasteiger partial charge in [-0.05, 0) is 35.6 Å². The predicted molar refractivity (Wildman–Crippen MR) is 74.1 cm³/mol. The minimum Gasteiger partial charge on any atom is -0.370 e. The van der Waals surface area contributed by atoms with Gasteiger partial charge in [-0.25, -0.2) is 0 Å². The van der Waals surface area contributed by atoms with Gasteiger partial charge < -0.3 is 4.90 Å². The first-order chi connectivity index (χ1) is 8.34. The Morgan fingerprint density at radius 3 is 2.88 bits per heavy atom. The molecule has 2 aliphatic rings. The van der Waals surface area contributed by atoms with E-state index < -0.39 is 0 Å². The molecule has 0 atom stereocenters. The van der Waals surface area contributed by atoms with Crippen molar-refractivity contribution in [3.05, 3.63) is 59.2 Å². The number of hydrogen-bond acceptors (Lipinski definition) is 1. The first-order valence-electron chi connectivity index (χ1n) is 6.21. The molecule has 0 saturated heterocycles. The van der Waals surface area contributed by atoms with Gasteiger partial charge in [-0.3, -0.25) is 0 Å². The van der Waals surface area contributed by atoms with Gasteiger partial charge >= 0.3 is 0 Å². The van der Waals surface area contributed by atoms with Crippen molar-refractivity contribution in [3.63, 3.8) is 0 Å². The molecule has 0 unspecified atom stereocenters. The van der Waals surface area contributed by atoms with Crippen LogP contribution >= 0.6 is 0 Å². The molecule has 0 N–H and O–H groups in total. The summed E-state index contributed by atoms with van der Waals surface area (Å²) in [5.41, 5.74) is 5.59. The van der Waals surface area contributed by atoms with Gasteiger partial charge in [0.2, 0.25) is 0 Å². The number of anilines is 1. The van der Waals surface area contributed by atoms with Crippen molar-refractivity contribution in [1.29, 1.82) is 0 Å². The Kier molecular flexibility index (Phi) is 2.60. The monoisotopic (exact) mass is 223 g/mol. The first kappa shape index (κ1) is 10.4. The average molecular weight is 223 g/mol. The molecule has 1 aromatic rings. The molecule has 17 heavy (non-hydrogen) atoms. The molecule has 0 radical (unpaired) electrons. The summed E-state index contributed by atoms with van der Waals surface area (Å²) < 4.78 is 0. The summed E-state index contributed by atoms with van der Waals surface area (Å²) in [6.07, 6.45) is 11.4. The highest BCUT2D eigenvalue weighted by molar-refractivity contribution is 5.71. The molecule has 1 nitrogen and oxygen atoms in total. The third-order valence-electron chi connectivity index (χ3n) is 3.54. The summed E-state index contributed by atoms with van der Waals surface area (Å²) >= 11 is 0. The molecular formula is C16H17N. The molecule has 1 aliphatic carbocycles. The summed E-state index contributed by atoms with van der Waals surface area (Å²) in [4.78, 5) is 2.35. The van der Waals surface area contributed by atoms with E-state index in [1.165, 1.54) is 29.7 Å². The number of benzene rings is 1. The number of likely N-dealkylation sites (N-methyl/N-ethyl adjacent to an activating group) is 1. The SMILES string of the molecule is CN1CC2=C(C=CCC2)/C=C\c2ccccc21. The van der Waals surface area contributed by atoms with Crippen LogP contribution in [0.3, 0.4) is 0 Å². The summed E-state index contributed by atoms with van der Waals surface area (Å²) in [5, 5.41) is 0. The molecule has 0 saturated carbocycles. The predicted octanol–water partition coefficient (Wildman–Crippen LogP) is 3.80. The van der Waals surface area contributed by atoms with Crippen LogP contribution in [0.25, 0.3) is 6.08 Å². The summed E-state index contributed by atoms with van der Waals surface area (Å²) in [7, 11) is 2.18. The van der Waals surface area contributed by atoms with Crippen molar-refractivity contribution in [2.45, 2.75) is 12.8 Å². The van der Waals surface area contributed by atoms with Crippen molar-refractivity contribution < 1.29 is 0 Å². The fourth-order valence-electron chi connectivity index (χ4n) is 2.60. The molecular weight excluding hydrogens is 206 g/mol. The molecule has 1 heterocycles. The second-order valence-electron chi connectivity index (χ2n) is 4.75. The second-order valence-corrected chi connectivity index (χ2v) is 4.75. The fourth-order valence-corrected chi connectivity index (χ4v) is 2.60. The third-order valence-corrected chi connectivity index (χ3v) is 3.54. The van der Waals surface area contributed by atoms with Crippen LogP contribution in [0.2, 0.25) is 0 Å². The second kappa shape index (κ2) is 4.25. The Balaban J connectivity index is 2.08. The highest BCUT2D eigenvalue weighted by Crippen LogP contribution is 2.29. The van der Waals surface area contributed by atoms with Crippen molar-refractivity contribution >= 4 is 11.8 Å². The van der Waals surface area contributed by atoms with Gasteiger partial charge in [-0.15, -0.1) is 0 Å². The highest BCUT2D eigenvalue weighted by atomic mass is 15.1. The Bertz CT molecular complexity index is 520.